The third-order valence-electron chi connectivity index (χ3n) is 3.50. The average molecular weight is 322 g/mol. The number of benzene rings is 1. The molecule has 0 saturated carbocycles. The van der Waals surface area contributed by atoms with E-state index in [9.17, 15) is 13.2 Å². The molecule has 1 unspecified atom stereocenters. The van der Waals surface area contributed by atoms with Gasteiger partial charge in [-0.25, -0.2) is 4.98 Å². The Hall–Kier alpha value is -2.57. The molecule has 0 aliphatic rings. The largest absolute Gasteiger partial charge is 0.416 e. The van der Waals surface area contributed by atoms with E-state index in [2.05, 4.69) is 9.97 Å². The summed E-state index contributed by atoms with van der Waals surface area (Å²) in [5, 5.41) is 0. The van der Waals surface area contributed by atoms with Crippen molar-refractivity contribution in [3.05, 3.63) is 52.7 Å². The Balaban J connectivity index is 2.20. The van der Waals surface area contributed by atoms with Crippen molar-refractivity contribution in [2.45, 2.75) is 25.9 Å². The first-order valence-electron chi connectivity index (χ1n) is 6.93. The first kappa shape index (κ1) is 16.8. The fourth-order valence-corrected chi connectivity index (χ4v) is 2.16. The lowest BCUT2D eigenvalue weighted by Crippen LogP contribution is -2.05. The van der Waals surface area contributed by atoms with Crippen molar-refractivity contribution in [3.8, 4) is 0 Å². The molecule has 7 heteroatoms. The van der Waals surface area contributed by atoms with Crippen molar-refractivity contribution >= 4 is 17.8 Å². The molecule has 0 spiro atoms. The van der Waals surface area contributed by atoms with E-state index in [1.54, 1.807) is 13.0 Å². The lowest BCUT2D eigenvalue weighted by atomic mass is 9.98. The third-order valence-corrected chi connectivity index (χ3v) is 3.50. The number of nitrogen functional groups attached to an aromatic ring is 2. The van der Waals surface area contributed by atoms with Crippen LogP contribution in [0.2, 0.25) is 0 Å². The fraction of sp³-hybridized carbons (Fsp3) is 0.250. The molecule has 4 nitrogen and oxygen atoms in total. The van der Waals surface area contributed by atoms with Gasteiger partial charge in [-0.05, 0) is 30.5 Å². The highest BCUT2D eigenvalue weighted by molar-refractivity contribution is 5.64. The molecule has 1 heterocycles. The Bertz CT molecular complexity index is 698. The maximum atomic E-state index is 12.6. The summed E-state index contributed by atoms with van der Waals surface area (Å²) in [5.74, 6) is 0.285. The summed E-state index contributed by atoms with van der Waals surface area (Å²) in [6.45, 7) is 3.64. The Labute approximate surface area is 132 Å². The smallest absolute Gasteiger partial charge is 0.383 e. The predicted molar refractivity (Wildman–Crippen MR) is 84.5 cm³/mol. The predicted octanol–water partition coefficient (Wildman–Crippen LogP) is 3.79. The zero-order chi connectivity index (χ0) is 17.2. The molecule has 4 N–H and O–H groups in total. The second kappa shape index (κ2) is 6.28. The molecule has 0 fully saturated rings. The number of rotatable bonds is 3. The number of hydrogen-bond acceptors (Lipinski definition) is 4. The van der Waals surface area contributed by atoms with Gasteiger partial charge in [0.2, 0.25) is 5.95 Å². The van der Waals surface area contributed by atoms with Crippen molar-refractivity contribution in [1.29, 1.82) is 0 Å². The molecule has 0 bridgehead atoms. The van der Waals surface area contributed by atoms with Crippen LogP contribution in [0.4, 0.5) is 24.9 Å². The molecule has 1 aromatic carbocycles. The molecule has 0 amide bonds. The molecular weight excluding hydrogens is 305 g/mol. The minimum absolute atomic E-state index is 0.0892. The molecule has 23 heavy (non-hydrogen) atoms. The molecule has 1 atom stereocenters. The molecule has 2 rings (SSSR count). The highest BCUT2D eigenvalue weighted by atomic mass is 19.4. The molecule has 122 valence electrons. The van der Waals surface area contributed by atoms with Gasteiger partial charge in [-0.3, -0.25) is 0 Å². The Kier molecular flexibility index (Phi) is 4.58. The Morgan fingerprint density at radius 2 is 1.70 bits per heavy atom. The van der Waals surface area contributed by atoms with E-state index < -0.39 is 11.7 Å². The van der Waals surface area contributed by atoms with Crippen LogP contribution in [-0.4, -0.2) is 9.97 Å². The van der Waals surface area contributed by atoms with E-state index in [0.29, 0.717) is 11.3 Å². The van der Waals surface area contributed by atoms with E-state index in [1.165, 1.54) is 12.1 Å². The highest BCUT2D eigenvalue weighted by Gasteiger charge is 2.30. The summed E-state index contributed by atoms with van der Waals surface area (Å²) in [4.78, 5) is 7.93. The quantitative estimate of drug-likeness (QED) is 0.901. The average Bonchev–Trinajstić information content (AvgIpc) is 2.45. The van der Waals surface area contributed by atoms with Crippen LogP contribution in [0.1, 0.15) is 35.2 Å². The van der Waals surface area contributed by atoms with Gasteiger partial charge < -0.3 is 11.5 Å². The molecular formula is C16H17F3N4. The molecule has 2 aromatic rings. The van der Waals surface area contributed by atoms with Crippen LogP contribution in [-0.2, 0) is 6.18 Å². The van der Waals surface area contributed by atoms with Gasteiger partial charge >= 0.3 is 6.18 Å². The first-order chi connectivity index (χ1) is 10.7. The molecule has 0 radical (unpaired) electrons. The van der Waals surface area contributed by atoms with Gasteiger partial charge in [0.1, 0.15) is 5.82 Å². The van der Waals surface area contributed by atoms with Crippen LogP contribution in [0, 0.1) is 6.92 Å². The van der Waals surface area contributed by atoms with Crippen LogP contribution >= 0.6 is 0 Å². The number of hydrogen-bond donors (Lipinski definition) is 2. The number of anilines is 2. The number of nitrogens with zero attached hydrogens (tertiary/aromatic N) is 2. The zero-order valence-electron chi connectivity index (χ0n) is 12.7. The van der Waals surface area contributed by atoms with Crippen LogP contribution in [0.5, 0.6) is 0 Å². The van der Waals surface area contributed by atoms with E-state index in [1.807, 2.05) is 13.0 Å². The molecule has 1 aromatic heterocycles. The summed E-state index contributed by atoms with van der Waals surface area (Å²) in [6, 6.07) is 5.08. The van der Waals surface area contributed by atoms with Crippen molar-refractivity contribution in [1.82, 2.24) is 9.97 Å². The van der Waals surface area contributed by atoms with E-state index in [0.717, 1.165) is 17.7 Å². The van der Waals surface area contributed by atoms with Gasteiger partial charge in [0.25, 0.3) is 0 Å². The molecule has 0 saturated heterocycles. The monoisotopic (exact) mass is 322 g/mol. The Morgan fingerprint density at radius 3 is 2.22 bits per heavy atom. The Morgan fingerprint density at radius 1 is 1.09 bits per heavy atom. The van der Waals surface area contributed by atoms with Gasteiger partial charge in [-0.1, -0.05) is 31.2 Å². The van der Waals surface area contributed by atoms with Gasteiger partial charge in [-0.2, -0.15) is 18.2 Å². The SMILES string of the molecule is Cc1nc(N)nc(N)c1C=CC(C)c1ccc(C(F)(F)F)cc1. The van der Waals surface area contributed by atoms with Crippen molar-refractivity contribution in [2.24, 2.45) is 0 Å². The van der Waals surface area contributed by atoms with Gasteiger partial charge in [0, 0.05) is 5.56 Å². The minimum Gasteiger partial charge on any atom is -0.383 e. The lowest BCUT2D eigenvalue weighted by Gasteiger charge is -2.11. The first-order valence-corrected chi connectivity index (χ1v) is 6.93. The summed E-state index contributed by atoms with van der Waals surface area (Å²) < 4.78 is 37.7. The zero-order valence-corrected chi connectivity index (χ0v) is 12.7. The lowest BCUT2D eigenvalue weighted by molar-refractivity contribution is -0.137. The molecule has 0 aliphatic heterocycles. The maximum absolute atomic E-state index is 12.6. The number of aryl methyl sites for hydroxylation is 1. The van der Waals surface area contributed by atoms with Gasteiger partial charge in [0.05, 0.1) is 11.3 Å². The second-order valence-electron chi connectivity index (χ2n) is 5.23. The van der Waals surface area contributed by atoms with Crippen molar-refractivity contribution in [3.63, 3.8) is 0 Å². The summed E-state index contributed by atoms with van der Waals surface area (Å²) in [6.07, 6.45) is -0.738. The van der Waals surface area contributed by atoms with Gasteiger partial charge in [-0.15, -0.1) is 0 Å². The fourth-order valence-electron chi connectivity index (χ4n) is 2.16. The number of nitrogens with two attached hydrogens (primary N) is 2. The van der Waals surface area contributed by atoms with E-state index in [-0.39, 0.29) is 17.7 Å². The number of halogens is 3. The van der Waals surface area contributed by atoms with Crippen molar-refractivity contribution in [2.75, 3.05) is 11.5 Å². The third kappa shape index (κ3) is 4.00. The summed E-state index contributed by atoms with van der Waals surface area (Å²) in [7, 11) is 0. The van der Waals surface area contributed by atoms with Crippen LogP contribution in [0.15, 0.2) is 30.3 Å². The topological polar surface area (TPSA) is 77.8 Å². The maximum Gasteiger partial charge on any atom is 0.416 e. The number of allylic oxidation sites excluding steroid dienone is 1. The number of aromatic nitrogens is 2. The second-order valence-corrected chi connectivity index (χ2v) is 5.23. The highest BCUT2D eigenvalue weighted by Crippen LogP contribution is 2.30. The molecule has 0 aliphatic carbocycles. The number of alkyl halides is 3. The van der Waals surface area contributed by atoms with E-state index in [4.69, 9.17) is 11.5 Å². The minimum atomic E-state index is -4.33. The van der Waals surface area contributed by atoms with Gasteiger partial charge in [0.15, 0.2) is 0 Å². The summed E-state index contributed by atoms with van der Waals surface area (Å²) >= 11 is 0. The normalized spacial score (nSPS) is 13.4. The van der Waals surface area contributed by atoms with Crippen molar-refractivity contribution < 1.29 is 13.2 Å². The van der Waals surface area contributed by atoms with Crippen LogP contribution in [0.3, 0.4) is 0 Å². The summed E-state index contributed by atoms with van der Waals surface area (Å²) in [5.41, 5.74) is 12.7. The standard InChI is InChI=1S/C16H17F3N4/c1-9(11-4-6-12(7-5-11)16(17,18)19)3-8-13-10(2)22-15(21)23-14(13)20/h3-9H,1-2H3,(H4,20,21,22,23). The van der Waals surface area contributed by atoms with Crippen LogP contribution in [0.25, 0.3) is 6.08 Å². The van der Waals surface area contributed by atoms with E-state index >= 15 is 0 Å². The van der Waals surface area contributed by atoms with Crippen LogP contribution < -0.4 is 11.5 Å².